The molecule has 0 spiro atoms. The second-order valence-corrected chi connectivity index (χ2v) is 5.73. The van der Waals surface area contributed by atoms with Gasteiger partial charge in [-0.15, -0.1) is 0 Å². The summed E-state index contributed by atoms with van der Waals surface area (Å²) in [5.41, 5.74) is -9.41. The Morgan fingerprint density at radius 2 is 1.00 bits per heavy atom. The Balaban J connectivity index is 3.92. The normalized spacial score (nSPS) is 11.0. The average Bonchev–Trinajstić information content (AvgIpc) is 2.68. The number of hydrogen-bond donors (Lipinski definition) is 7. The summed E-state index contributed by atoms with van der Waals surface area (Å²) in [6.45, 7) is 0. The van der Waals surface area contributed by atoms with E-state index in [9.17, 15) is 53.7 Å². The molecule has 0 heterocycles. The number of rotatable bonds is 9. The number of amides is 3. The van der Waals surface area contributed by atoms with E-state index in [-0.39, 0.29) is 0 Å². The van der Waals surface area contributed by atoms with Crippen LogP contribution < -0.4 is 5.32 Å². The van der Waals surface area contributed by atoms with Gasteiger partial charge in [-0.25, -0.2) is 38.5 Å². The van der Waals surface area contributed by atoms with Crippen molar-refractivity contribution in [2.24, 2.45) is 0 Å². The standard InChI is InChI=1S/C16H12N2O14/c19-7(6-4-2-1-3-5-6)18(16(11(26)27,12(28)29)13(30)31)14(32)17-15(8(20)21,9(22)23)10(24)25/h1-5H,(H,17,32)(H,20,21)(H,22,23)(H,24,25)(H,26,27)(H,28,29)(H,30,31). The predicted molar refractivity (Wildman–Crippen MR) is 92.4 cm³/mol. The van der Waals surface area contributed by atoms with E-state index < -0.39 is 69.3 Å². The maximum Gasteiger partial charge on any atom is 0.354 e. The van der Waals surface area contributed by atoms with Crippen molar-refractivity contribution in [3.05, 3.63) is 35.9 Å². The Hall–Kier alpha value is -5.02. The Morgan fingerprint density at radius 1 is 0.625 bits per heavy atom. The number of carbonyl (C=O) groups is 8. The van der Waals surface area contributed by atoms with Gasteiger partial charge in [0.1, 0.15) is 0 Å². The topological polar surface area (TPSA) is 273 Å². The molecule has 3 amide bonds. The molecule has 0 atom stereocenters. The van der Waals surface area contributed by atoms with Gasteiger partial charge in [-0.1, -0.05) is 18.2 Å². The first kappa shape index (κ1) is 25.0. The highest BCUT2D eigenvalue weighted by Gasteiger charge is 2.66. The molecule has 0 aliphatic rings. The molecule has 0 aliphatic carbocycles. The zero-order chi connectivity index (χ0) is 25.0. The lowest BCUT2D eigenvalue weighted by molar-refractivity contribution is -0.174. The first-order valence-corrected chi connectivity index (χ1v) is 7.81. The van der Waals surface area contributed by atoms with Crippen LogP contribution in [0.25, 0.3) is 0 Å². The Bertz CT molecular complexity index is 958. The Morgan fingerprint density at radius 3 is 1.31 bits per heavy atom. The molecular weight excluding hydrogens is 444 g/mol. The van der Waals surface area contributed by atoms with E-state index in [1.807, 2.05) is 0 Å². The van der Waals surface area contributed by atoms with Crippen molar-refractivity contribution < 1.29 is 69.0 Å². The van der Waals surface area contributed by atoms with E-state index in [0.717, 1.165) is 29.6 Å². The maximum atomic E-state index is 12.8. The zero-order valence-electron chi connectivity index (χ0n) is 15.3. The highest BCUT2D eigenvalue weighted by Crippen LogP contribution is 2.23. The summed E-state index contributed by atoms with van der Waals surface area (Å²) in [5, 5.41) is 55.9. The van der Waals surface area contributed by atoms with E-state index in [4.69, 9.17) is 15.3 Å². The largest absolute Gasteiger partial charge is 0.479 e. The minimum atomic E-state index is -4.46. The third-order valence-electron chi connectivity index (χ3n) is 3.95. The molecule has 0 aromatic heterocycles. The molecule has 0 radical (unpaired) electrons. The summed E-state index contributed by atoms with van der Waals surface area (Å²) in [6, 6.07) is 2.74. The molecule has 170 valence electrons. The molecule has 0 aliphatic heterocycles. The van der Waals surface area contributed by atoms with E-state index in [1.165, 1.54) is 6.07 Å². The summed E-state index contributed by atoms with van der Waals surface area (Å²) in [4.78, 5) is 93.4. The van der Waals surface area contributed by atoms with Gasteiger partial charge < -0.3 is 36.0 Å². The number of urea groups is 1. The van der Waals surface area contributed by atoms with Crippen LogP contribution in [-0.4, -0.2) is 94.4 Å². The van der Waals surface area contributed by atoms with Crippen LogP contribution in [0.2, 0.25) is 0 Å². The average molecular weight is 456 g/mol. The van der Waals surface area contributed by atoms with Gasteiger partial charge in [0.15, 0.2) is 0 Å². The van der Waals surface area contributed by atoms with Crippen molar-refractivity contribution in [2.45, 2.75) is 11.1 Å². The number of imide groups is 1. The number of benzene rings is 1. The van der Waals surface area contributed by atoms with Gasteiger partial charge in [-0.2, -0.15) is 0 Å². The lowest BCUT2D eigenvalue weighted by atomic mass is 9.95. The number of nitrogens with one attached hydrogen (secondary N) is 1. The van der Waals surface area contributed by atoms with Crippen LogP contribution in [0.1, 0.15) is 10.4 Å². The summed E-state index contributed by atoms with van der Waals surface area (Å²) in [7, 11) is 0. The molecule has 1 rings (SSSR count). The van der Waals surface area contributed by atoms with Gasteiger partial charge in [0.05, 0.1) is 0 Å². The van der Waals surface area contributed by atoms with Crippen molar-refractivity contribution in [1.82, 2.24) is 10.2 Å². The third-order valence-corrected chi connectivity index (χ3v) is 3.95. The first-order chi connectivity index (χ1) is 14.7. The highest BCUT2D eigenvalue weighted by atomic mass is 16.4. The van der Waals surface area contributed by atoms with Crippen LogP contribution in [0, 0.1) is 0 Å². The molecule has 1 aromatic rings. The van der Waals surface area contributed by atoms with Gasteiger partial charge in [0, 0.05) is 5.56 Å². The van der Waals surface area contributed by atoms with Gasteiger partial charge in [-0.3, -0.25) is 4.79 Å². The van der Waals surface area contributed by atoms with Crippen molar-refractivity contribution in [1.29, 1.82) is 0 Å². The smallest absolute Gasteiger partial charge is 0.354 e. The summed E-state index contributed by atoms with van der Waals surface area (Å²) in [5.74, 6) is -18.7. The molecule has 1 aromatic carbocycles. The van der Waals surface area contributed by atoms with Gasteiger partial charge in [0.25, 0.3) is 5.91 Å². The van der Waals surface area contributed by atoms with Gasteiger partial charge in [-0.05, 0) is 12.1 Å². The highest BCUT2D eigenvalue weighted by molar-refractivity contribution is 6.29. The van der Waals surface area contributed by atoms with E-state index >= 15 is 0 Å². The van der Waals surface area contributed by atoms with Crippen LogP contribution in [0.5, 0.6) is 0 Å². The molecule has 16 heteroatoms. The predicted octanol–water partition coefficient (Wildman–Crippen LogP) is -2.18. The lowest BCUT2D eigenvalue weighted by Crippen LogP contribution is -2.74. The number of hydrogen-bond acceptors (Lipinski definition) is 8. The number of carboxylic acids is 6. The molecule has 32 heavy (non-hydrogen) atoms. The van der Waals surface area contributed by atoms with Gasteiger partial charge in [0.2, 0.25) is 0 Å². The van der Waals surface area contributed by atoms with Crippen molar-refractivity contribution >= 4 is 47.8 Å². The molecule has 16 nitrogen and oxygen atoms in total. The van der Waals surface area contributed by atoms with E-state index in [0.29, 0.717) is 0 Å². The van der Waals surface area contributed by atoms with Crippen molar-refractivity contribution in [2.75, 3.05) is 0 Å². The first-order valence-electron chi connectivity index (χ1n) is 7.81. The number of carbonyl (C=O) groups excluding carboxylic acids is 2. The van der Waals surface area contributed by atoms with Crippen LogP contribution in [0.15, 0.2) is 30.3 Å². The third kappa shape index (κ3) is 3.74. The molecule has 0 unspecified atom stereocenters. The van der Waals surface area contributed by atoms with Crippen LogP contribution in [0.3, 0.4) is 0 Å². The Labute approximate surface area is 174 Å². The lowest BCUT2D eigenvalue weighted by Gasteiger charge is -2.34. The monoisotopic (exact) mass is 456 g/mol. The molecule has 0 saturated carbocycles. The molecule has 0 saturated heterocycles. The van der Waals surface area contributed by atoms with Crippen LogP contribution in [0.4, 0.5) is 4.79 Å². The van der Waals surface area contributed by atoms with E-state index in [2.05, 4.69) is 0 Å². The minimum Gasteiger partial charge on any atom is -0.479 e. The quantitative estimate of drug-likeness (QED) is 0.195. The number of aliphatic carboxylic acids is 6. The molecular formula is C16H12N2O14. The molecule has 0 bridgehead atoms. The molecule has 0 fully saturated rings. The Kier molecular flexibility index (Phi) is 6.86. The van der Waals surface area contributed by atoms with Crippen LogP contribution in [-0.2, 0) is 28.8 Å². The summed E-state index contributed by atoms with van der Waals surface area (Å²) < 4.78 is 0. The maximum absolute atomic E-state index is 12.8. The summed E-state index contributed by atoms with van der Waals surface area (Å²) in [6.07, 6.45) is 0. The second kappa shape index (κ2) is 8.78. The molecule has 7 N–H and O–H groups in total. The van der Waals surface area contributed by atoms with Crippen molar-refractivity contribution in [3.63, 3.8) is 0 Å². The second-order valence-electron chi connectivity index (χ2n) is 5.73. The van der Waals surface area contributed by atoms with Crippen molar-refractivity contribution in [3.8, 4) is 0 Å². The SMILES string of the molecule is O=C(NC(C(=O)O)(C(=O)O)C(=O)O)N(C(=O)c1ccccc1)C(C(=O)O)(C(=O)O)C(=O)O. The van der Waals surface area contributed by atoms with E-state index in [1.54, 1.807) is 0 Å². The fraction of sp³-hybridized carbons (Fsp3) is 0.125. The summed E-state index contributed by atoms with van der Waals surface area (Å²) >= 11 is 0. The number of nitrogens with zero attached hydrogens (tertiary/aromatic N) is 1. The fourth-order valence-corrected chi connectivity index (χ4v) is 2.32. The fourth-order valence-electron chi connectivity index (χ4n) is 2.32. The number of carboxylic acid groups (broad SMARTS) is 6. The van der Waals surface area contributed by atoms with Gasteiger partial charge >= 0.3 is 52.9 Å². The van der Waals surface area contributed by atoms with Crippen LogP contribution >= 0.6 is 0 Å². The zero-order valence-corrected chi connectivity index (χ0v) is 15.3. The minimum absolute atomic E-state index is 0.692.